The van der Waals surface area contributed by atoms with E-state index in [0.29, 0.717) is 30.5 Å². The Labute approximate surface area is 172 Å². The minimum atomic E-state index is -0.783. The maximum atomic E-state index is 13.4. The third-order valence-corrected chi connectivity index (χ3v) is 5.88. The van der Waals surface area contributed by atoms with Crippen LogP contribution in [0.15, 0.2) is 48.6 Å². The van der Waals surface area contributed by atoms with Crippen LogP contribution < -0.4 is 5.32 Å². The molecule has 1 aromatic rings. The summed E-state index contributed by atoms with van der Waals surface area (Å²) in [5, 5.41) is 2.77. The van der Waals surface area contributed by atoms with Gasteiger partial charge in [0.05, 0.1) is 0 Å². The fraction of sp³-hybridized carbons (Fsp3) is 0.458. The number of alkyl carbamates (subject to hydrolysis) is 1. The molecular weight excluding hydrogens is 366 g/mol. The topological polar surface area (TPSA) is 72.5 Å². The number of Topliss-reactive ketones (excluding diaryl/α,β-unsaturated/α-hetero) is 2. The van der Waals surface area contributed by atoms with Gasteiger partial charge >= 0.3 is 6.09 Å². The number of ketones is 2. The molecule has 0 heterocycles. The predicted molar refractivity (Wildman–Crippen MR) is 112 cm³/mol. The maximum absolute atomic E-state index is 13.4. The van der Waals surface area contributed by atoms with Crippen molar-refractivity contribution in [1.82, 2.24) is 5.32 Å². The van der Waals surface area contributed by atoms with Crippen LogP contribution in [0.3, 0.4) is 0 Å². The SMILES string of the molecule is C=CC1=CC[C@@]2(C)C(=O)c3ccccc3C(=O)[C@H]2[C@H]1CCNC(=O)OC(C)(C)C. The van der Waals surface area contributed by atoms with E-state index in [2.05, 4.69) is 11.9 Å². The highest BCUT2D eigenvalue weighted by atomic mass is 16.6. The van der Waals surface area contributed by atoms with Crippen molar-refractivity contribution >= 4 is 17.7 Å². The summed E-state index contributed by atoms with van der Waals surface area (Å²) >= 11 is 0. The number of benzene rings is 1. The van der Waals surface area contributed by atoms with Crippen molar-refractivity contribution in [1.29, 1.82) is 0 Å². The van der Waals surface area contributed by atoms with Crippen molar-refractivity contribution in [2.24, 2.45) is 17.3 Å². The molecule has 29 heavy (non-hydrogen) atoms. The monoisotopic (exact) mass is 395 g/mol. The third kappa shape index (κ3) is 3.91. The fourth-order valence-corrected chi connectivity index (χ4v) is 4.53. The van der Waals surface area contributed by atoms with Gasteiger partial charge in [-0.25, -0.2) is 4.79 Å². The van der Waals surface area contributed by atoms with Gasteiger partial charge in [0.25, 0.3) is 0 Å². The maximum Gasteiger partial charge on any atom is 0.407 e. The van der Waals surface area contributed by atoms with Crippen LogP contribution in [-0.2, 0) is 4.74 Å². The predicted octanol–water partition coefficient (Wildman–Crippen LogP) is 4.74. The van der Waals surface area contributed by atoms with Gasteiger partial charge in [-0.1, -0.05) is 49.9 Å². The Bertz CT molecular complexity index is 892. The smallest absolute Gasteiger partial charge is 0.407 e. The van der Waals surface area contributed by atoms with E-state index in [1.165, 1.54) is 0 Å². The Morgan fingerprint density at radius 3 is 2.55 bits per heavy atom. The van der Waals surface area contributed by atoms with Crippen molar-refractivity contribution in [3.63, 3.8) is 0 Å². The first kappa shape index (κ1) is 21.0. The molecule has 0 aliphatic heterocycles. The highest BCUT2D eigenvalue weighted by Crippen LogP contribution is 2.51. The summed E-state index contributed by atoms with van der Waals surface area (Å²) in [5.41, 5.74) is 0.607. The van der Waals surface area contributed by atoms with Gasteiger partial charge in [0.15, 0.2) is 11.6 Å². The van der Waals surface area contributed by atoms with Crippen LogP contribution in [0.25, 0.3) is 0 Å². The fourth-order valence-electron chi connectivity index (χ4n) is 4.53. The van der Waals surface area contributed by atoms with Crippen LogP contribution in [0.5, 0.6) is 0 Å². The summed E-state index contributed by atoms with van der Waals surface area (Å²) in [6, 6.07) is 7.06. The molecule has 0 unspecified atom stereocenters. The summed E-state index contributed by atoms with van der Waals surface area (Å²) in [5.74, 6) is -0.645. The standard InChI is InChI=1S/C24H29NO4/c1-6-15-11-13-24(5)19(16(15)12-14-25-22(28)29-23(2,3)4)20(26)17-9-7-8-10-18(17)21(24)27/h6-11,16,19H,1,12-14H2,2-5H3,(H,25,28)/t16-,19+,24+/m0/s1. The van der Waals surface area contributed by atoms with Crippen LogP contribution in [0.1, 0.15) is 61.3 Å². The number of rotatable bonds is 4. The molecule has 0 spiro atoms. The Hall–Kier alpha value is -2.69. The van der Waals surface area contributed by atoms with Crippen molar-refractivity contribution in [2.75, 3.05) is 6.54 Å². The largest absolute Gasteiger partial charge is 0.444 e. The van der Waals surface area contributed by atoms with Gasteiger partial charge in [0.1, 0.15) is 5.60 Å². The Morgan fingerprint density at radius 1 is 1.28 bits per heavy atom. The number of hydrogen-bond donors (Lipinski definition) is 1. The second kappa shape index (κ2) is 7.62. The number of fused-ring (bicyclic) bond motifs is 2. The first-order valence-corrected chi connectivity index (χ1v) is 10.1. The number of amides is 1. The first-order chi connectivity index (χ1) is 13.6. The van der Waals surface area contributed by atoms with Gasteiger partial charge in [0.2, 0.25) is 0 Å². The number of ether oxygens (including phenoxy) is 1. The van der Waals surface area contributed by atoms with E-state index < -0.39 is 23.0 Å². The molecule has 0 saturated carbocycles. The molecule has 154 valence electrons. The molecule has 3 atom stereocenters. The van der Waals surface area contributed by atoms with Gasteiger partial charge in [-0.3, -0.25) is 9.59 Å². The zero-order chi connectivity index (χ0) is 21.4. The molecule has 0 saturated heterocycles. The van der Waals surface area contributed by atoms with Crippen molar-refractivity contribution < 1.29 is 19.1 Å². The van der Waals surface area contributed by atoms with Crippen molar-refractivity contribution in [2.45, 2.75) is 46.1 Å². The molecule has 2 aliphatic carbocycles. The number of carbonyl (C=O) groups excluding carboxylic acids is 3. The van der Waals surface area contributed by atoms with E-state index in [0.717, 1.165) is 5.57 Å². The third-order valence-electron chi connectivity index (χ3n) is 5.88. The number of allylic oxidation sites excluding steroid dienone is 3. The van der Waals surface area contributed by atoms with Crippen LogP contribution >= 0.6 is 0 Å². The second-order valence-electron chi connectivity index (χ2n) is 9.07. The lowest BCUT2D eigenvalue weighted by atomic mass is 9.54. The zero-order valence-electron chi connectivity index (χ0n) is 17.6. The minimum Gasteiger partial charge on any atom is -0.444 e. The summed E-state index contributed by atoms with van der Waals surface area (Å²) in [4.78, 5) is 38.7. The van der Waals surface area contributed by atoms with Gasteiger partial charge in [-0.15, -0.1) is 0 Å². The van der Waals surface area contributed by atoms with Crippen molar-refractivity contribution in [3.8, 4) is 0 Å². The van der Waals surface area contributed by atoms with E-state index in [4.69, 9.17) is 4.74 Å². The Kier molecular flexibility index (Phi) is 5.52. The van der Waals surface area contributed by atoms with E-state index in [-0.39, 0.29) is 17.5 Å². The van der Waals surface area contributed by atoms with E-state index >= 15 is 0 Å². The average Bonchev–Trinajstić information content (AvgIpc) is 2.65. The normalized spacial score (nSPS) is 26.1. The average molecular weight is 395 g/mol. The van der Waals surface area contributed by atoms with Crippen molar-refractivity contribution in [3.05, 3.63) is 59.7 Å². The Morgan fingerprint density at radius 2 is 1.93 bits per heavy atom. The molecule has 1 aromatic carbocycles. The lowest BCUT2D eigenvalue weighted by Crippen LogP contribution is -2.51. The van der Waals surface area contributed by atoms with Gasteiger partial charge in [-0.05, 0) is 45.1 Å². The van der Waals surface area contributed by atoms with Crippen LogP contribution in [0, 0.1) is 17.3 Å². The number of carbonyl (C=O) groups is 3. The molecule has 1 N–H and O–H groups in total. The molecule has 0 fully saturated rings. The first-order valence-electron chi connectivity index (χ1n) is 10.1. The molecule has 0 aromatic heterocycles. The molecule has 0 bridgehead atoms. The van der Waals surface area contributed by atoms with E-state index in [9.17, 15) is 14.4 Å². The molecule has 0 radical (unpaired) electrons. The number of nitrogens with one attached hydrogen (secondary N) is 1. The van der Waals surface area contributed by atoms with Crippen LogP contribution in [0.2, 0.25) is 0 Å². The zero-order valence-corrected chi connectivity index (χ0v) is 17.6. The Balaban J connectivity index is 1.86. The van der Waals surface area contributed by atoms with Gasteiger partial charge < -0.3 is 10.1 Å². The molecule has 5 heteroatoms. The summed E-state index contributed by atoms with van der Waals surface area (Å²) in [6.07, 6.45) is 4.32. The highest BCUT2D eigenvalue weighted by molar-refractivity contribution is 6.18. The lowest BCUT2D eigenvalue weighted by Gasteiger charge is -2.46. The van der Waals surface area contributed by atoms with Gasteiger partial charge in [-0.2, -0.15) is 0 Å². The van der Waals surface area contributed by atoms with E-state index in [1.54, 1.807) is 30.3 Å². The second-order valence-corrected chi connectivity index (χ2v) is 9.07. The quantitative estimate of drug-likeness (QED) is 0.799. The molecule has 3 rings (SSSR count). The van der Waals surface area contributed by atoms with Gasteiger partial charge in [0, 0.05) is 29.0 Å². The summed E-state index contributed by atoms with van der Waals surface area (Å²) in [7, 11) is 0. The number of hydrogen-bond acceptors (Lipinski definition) is 4. The molecule has 2 aliphatic rings. The molecule has 5 nitrogen and oxygen atoms in total. The lowest BCUT2D eigenvalue weighted by molar-refractivity contribution is 0.0459. The van der Waals surface area contributed by atoms with Crippen LogP contribution in [0.4, 0.5) is 4.79 Å². The highest BCUT2D eigenvalue weighted by Gasteiger charge is 2.54. The molecular formula is C24H29NO4. The summed E-state index contributed by atoms with van der Waals surface area (Å²) < 4.78 is 5.29. The van der Waals surface area contributed by atoms with Crippen LogP contribution in [-0.4, -0.2) is 29.8 Å². The minimum absolute atomic E-state index is 0.00239. The summed E-state index contributed by atoms with van der Waals surface area (Å²) in [6.45, 7) is 11.6. The molecule has 1 amide bonds. The van der Waals surface area contributed by atoms with E-state index in [1.807, 2.05) is 33.8 Å².